The fraction of sp³-hybridized carbons (Fsp3) is 0.382. The maximum Gasteiger partial charge on any atom is 0.310 e. The molecule has 2 aromatic heterocycles. The van der Waals surface area contributed by atoms with Crippen molar-refractivity contribution in [1.29, 1.82) is 0 Å². The highest BCUT2D eigenvalue weighted by Crippen LogP contribution is 2.43. The van der Waals surface area contributed by atoms with Crippen LogP contribution in [0.4, 0.5) is 10.1 Å². The molecule has 3 aliphatic rings. The SMILES string of the molecule is COC(=O)[C@H]1CCN(c2ccc(-c3nc4c(C5CC5)cc(C(=O)N5CCc6ccccc6C5C)cn4c3C)c(F)c2)C1. The van der Waals surface area contributed by atoms with Crippen molar-refractivity contribution < 1.29 is 18.7 Å². The van der Waals surface area contributed by atoms with Crippen molar-refractivity contribution in [3.05, 3.63) is 88.5 Å². The minimum absolute atomic E-state index is 0.00640. The Labute approximate surface area is 244 Å². The monoisotopic (exact) mass is 566 g/mol. The molecular weight excluding hydrogens is 531 g/mol. The molecule has 216 valence electrons. The van der Waals surface area contributed by atoms with E-state index < -0.39 is 0 Å². The molecule has 4 aromatic rings. The van der Waals surface area contributed by atoms with Gasteiger partial charge in [-0.15, -0.1) is 0 Å². The summed E-state index contributed by atoms with van der Waals surface area (Å²) in [7, 11) is 1.40. The number of benzene rings is 2. The highest BCUT2D eigenvalue weighted by atomic mass is 19.1. The van der Waals surface area contributed by atoms with Gasteiger partial charge in [0.25, 0.3) is 5.91 Å². The Bertz CT molecular complexity index is 1730. The van der Waals surface area contributed by atoms with E-state index in [0.29, 0.717) is 48.8 Å². The number of ether oxygens (including phenoxy) is 1. The summed E-state index contributed by atoms with van der Waals surface area (Å²) in [6.45, 7) is 5.91. The molecule has 2 atom stereocenters. The summed E-state index contributed by atoms with van der Waals surface area (Å²) >= 11 is 0. The van der Waals surface area contributed by atoms with Crippen LogP contribution in [0.1, 0.15) is 70.9 Å². The van der Waals surface area contributed by atoms with Gasteiger partial charge in [-0.2, -0.15) is 0 Å². The minimum atomic E-state index is -0.356. The Morgan fingerprint density at radius 1 is 1.02 bits per heavy atom. The van der Waals surface area contributed by atoms with Crippen LogP contribution in [0.5, 0.6) is 0 Å². The van der Waals surface area contributed by atoms with Crippen LogP contribution in [-0.4, -0.2) is 52.9 Å². The number of fused-ring (bicyclic) bond motifs is 2. The number of aromatic nitrogens is 2. The molecular formula is C34H35FN4O3. The highest BCUT2D eigenvalue weighted by molar-refractivity contribution is 5.95. The van der Waals surface area contributed by atoms with E-state index in [2.05, 4.69) is 25.1 Å². The van der Waals surface area contributed by atoms with Crippen molar-refractivity contribution in [3.8, 4) is 11.3 Å². The number of anilines is 1. The highest BCUT2D eigenvalue weighted by Gasteiger charge is 2.33. The third-order valence-corrected chi connectivity index (χ3v) is 9.40. The normalized spacial score (nSPS) is 20.2. The number of rotatable bonds is 5. The first-order valence-electron chi connectivity index (χ1n) is 14.9. The first kappa shape index (κ1) is 26.7. The average Bonchev–Trinajstić information content (AvgIpc) is 3.64. The van der Waals surface area contributed by atoms with Crippen molar-refractivity contribution in [2.24, 2.45) is 5.92 Å². The van der Waals surface area contributed by atoms with E-state index in [0.717, 1.165) is 41.9 Å². The number of amides is 1. The number of esters is 1. The molecule has 8 heteroatoms. The van der Waals surface area contributed by atoms with E-state index in [4.69, 9.17) is 9.72 Å². The van der Waals surface area contributed by atoms with Gasteiger partial charge >= 0.3 is 5.97 Å². The van der Waals surface area contributed by atoms with Crippen molar-refractivity contribution >= 4 is 23.2 Å². The number of methoxy groups -OCH3 is 1. The Morgan fingerprint density at radius 3 is 2.60 bits per heavy atom. The van der Waals surface area contributed by atoms with Gasteiger partial charge in [-0.05, 0) is 86.4 Å². The number of pyridine rings is 1. The Hall–Kier alpha value is -4.20. The van der Waals surface area contributed by atoms with E-state index in [-0.39, 0.29) is 29.7 Å². The molecule has 1 amide bonds. The lowest BCUT2D eigenvalue weighted by Crippen LogP contribution is -2.39. The van der Waals surface area contributed by atoms with Crippen LogP contribution in [0, 0.1) is 18.7 Å². The smallest absolute Gasteiger partial charge is 0.310 e. The summed E-state index contributed by atoms with van der Waals surface area (Å²) in [6.07, 6.45) is 5.54. The molecule has 2 fully saturated rings. The molecule has 1 saturated carbocycles. The fourth-order valence-electron chi connectivity index (χ4n) is 6.81. The van der Waals surface area contributed by atoms with Gasteiger partial charge in [0.15, 0.2) is 0 Å². The van der Waals surface area contributed by atoms with Gasteiger partial charge in [0.05, 0.1) is 30.3 Å². The molecule has 1 unspecified atom stereocenters. The second-order valence-corrected chi connectivity index (χ2v) is 11.9. The van der Waals surface area contributed by atoms with Gasteiger partial charge in [-0.25, -0.2) is 9.37 Å². The largest absolute Gasteiger partial charge is 0.469 e. The maximum absolute atomic E-state index is 15.7. The topological polar surface area (TPSA) is 67.2 Å². The number of hydrogen-bond acceptors (Lipinski definition) is 5. The molecule has 1 aliphatic carbocycles. The molecule has 2 aromatic carbocycles. The Morgan fingerprint density at radius 2 is 1.83 bits per heavy atom. The van der Waals surface area contributed by atoms with Crippen LogP contribution in [0.15, 0.2) is 54.7 Å². The van der Waals surface area contributed by atoms with E-state index in [1.807, 2.05) is 45.5 Å². The van der Waals surface area contributed by atoms with Gasteiger partial charge in [0.1, 0.15) is 11.5 Å². The molecule has 0 bridgehead atoms. The van der Waals surface area contributed by atoms with Gasteiger partial charge in [-0.3, -0.25) is 9.59 Å². The Kier molecular flexibility index (Phi) is 6.52. The van der Waals surface area contributed by atoms with Gasteiger partial charge in [0, 0.05) is 42.8 Å². The number of aryl methyl sites for hydroxylation is 1. The van der Waals surface area contributed by atoms with Crippen LogP contribution in [0.2, 0.25) is 0 Å². The zero-order chi connectivity index (χ0) is 29.1. The molecule has 7 rings (SSSR count). The minimum Gasteiger partial charge on any atom is -0.469 e. The van der Waals surface area contributed by atoms with Crippen molar-refractivity contribution in [1.82, 2.24) is 14.3 Å². The molecule has 0 spiro atoms. The Balaban J connectivity index is 1.22. The van der Waals surface area contributed by atoms with E-state index in [1.54, 1.807) is 6.07 Å². The second-order valence-electron chi connectivity index (χ2n) is 11.9. The fourth-order valence-corrected chi connectivity index (χ4v) is 6.81. The summed E-state index contributed by atoms with van der Waals surface area (Å²) in [5.74, 6) is -0.398. The number of hydrogen-bond donors (Lipinski definition) is 0. The maximum atomic E-state index is 15.7. The van der Waals surface area contributed by atoms with Gasteiger partial charge in [-0.1, -0.05) is 24.3 Å². The first-order chi connectivity index (χ1) is 20.3. The third-order valence-electron chi connectivity index (χ3n) is 9.40. The molecule has 42 heavy (non-hydrogen) atoms. The third kappa shape index (κ3) is 4.44. The lowest BCUT2D eigenvalue weighted by Gasteiger charge is -2.35. The number of carbonyl (C=O) groups is 2. The van der Waals surface area contributed by atoms with Crippen LogP contribution in [0.3, 0.4) is 0 Å². The van der Waals surface area contributed by atoms with Crippen LogP contribution >= 0.6 is 0 Å². The molecule has 4 heterocycles. The number of carbonyl (C=O) groups excluding carboxylic acids is 2. The molecule has 2 aliphatic heterocycles. The second kappa shape index (κ2) is 10.3. The van der Waals surface area contributed by atoms with Crippen molar-refractivity contribution in [2.75, 3.05) is 31.6 Å². The van der Waals surface area contributed by atoms with Crippen molar-refractivity contribution in [2.45, 2.75) is 51.5 Å². The summed E-state index contributed by atoms with van der Waals surface area (Å²) < 4.78 is 22.6. The summed E-state index contributed by atoms with van der Waals surface area (Å²) in [4.78, 5) is 34.9. The van der Waals surface area contributed by atoms with E-state index in [1.165, 1.54) is 24.3 Å². The van der Waals surface area contributed by atoms with Crippen molar-refractivity contribution in [3.63, 3.8) is 0 Å². The lowest BCUT2D eigenvalue weighted by molar-refractivity contribution is -0.144. The predicted molar refractivity (Wildman–Crippen MR) is 159 cm³/mol. The molecule has 0 radical (unpaired) electrons. The molecule has 1 saturated heterocycles. The standard InChI is InChI=1S/C34H35FN4O3/c1-20-27-7-5-4-6-22(27)13-15-38(20)33(40)25-16-29(23-8-9-23)32-36-31(21(2)39(32)19-25)28-11-10-26(17-30(28)35)37-14-12-24(18-37)34(41)42-3/h4-7,10-11,16-17,19-20,23-24H,8-9,12-15,18H2,1-3H3/t20?,24-/m0/s1. The number of nitrogens with zero attached hydrogens (tertiary/aromatic N) is 4. The average molecular weight is 567 g/mol. The predicted octanol–water partition coefficient (Wildman–Crippen LogP) is 6.09. The number of halogens is 1. The quantitative estimate of drug-likeness (QED) is 0.274. The van der Waals surface area contributed by atoms with Gasteiger partial charge < -0.3 is 18.9 Å². The van der Waals surface area contributed by atoms with Crippen LogP contribution < -0.4 is 4.90 Å². The van der Waals surface area contributed by atoms with Crippen LogP contribution in [-0.2, 0) is 16.0 Å². The summed E-state index contributed by atoms with van der Waals surface area (Å²) in [5.41, 5.74) is 7.57. The molecule has 7 nitrogen and oxygen atoms in total. The van der Waals surface area contributed by atoms with Crippen LogP contribution in [0.25, 0.3) is 16.9 Å². The lowest BCUT2D eigenvalue weighted by atomic mass is 9.93. The summed E-state index contributed by atoms with van der Waals surface area (Å²) in [5, 5.41) is 0. The van der Waals surface area contributed by atoms with E-state index in [9.17, 15) is 9.59 Å². The zero-order valence-corrected chi connectivity index (χ0v) is 24.3. The first-order valence-corrected chi connectivity index (χ1v) is 14.9. The van der Waals surface area contributed by atoms with E-state index >= 15 is 4.39 Å². The zero-order valence-electron chi connectivity index (χ0n) is 24.3. The molecule has 0 N–H and O–H groups in total. The summed E-state index contributed by atoms with van der Waals surface area (Å²) in [6, 6.07) is 15.6. The van der Waals surface area contributed by atoms with Gasteiger partial charge in [0.2, 0.25) is 0 Å². The number of imidazole rings is 1.